The van der Waals surface area contributed by atoms with Crippen LogP contribution in [0.2, 0.25) is 0 Å². The van der Waals surface area contributed by atoms with Gasteiger partial charge >= 0.3 is 0 Å². The Balaban J connectivity index is 1.19. The van der Waals surface area contributed by atoms with Crippen LogP contribution in [0.1, 0.15) is 10.8 Å². The molecule has 1 saturated heterocycles. The van der Waals surface area contributed by atoms with Gasteiger partial charge in [0, 0.05) is 31.6 Å². The minimum atomic E-state index is 0.0304. The van der Waals surface area contributed by atoms with Gasteiger partial charge in [0.25, 0.3) is 0 Å². The summed E-state index contributed by atoms with van der Waals surface area (Å²) in [6, 6.07) is 7.47. The van der Waals surface area contributed by atoms with Crippen molar-refractivity contribution in [2.24, 2.45) is 0 Å². The molecule has 0 unspecified atom stereocenters. The zero-order valence-corrected chi connectivity index (χ0v) is 15.8. The fourth-order valence-electron chi connectivity index (χ4n) is 3.08. The highest BCUT2D eigenvalue weighted by Crippen LogP contribution is 2.23. The summed E-state index contributed by atoms with van der Waals surface area (Å²) >= 11 is 1.66. The maximum Gasteiger partial charge on any atom is 0.234 e. The van der Waals surface area contributed by atoms with Gasteiger partial charge in [-0.3, -0.25) is 14.6 Å². The summed E-state index contributed by atoms with van der Waals surface area (Å²) in [4.78, 5) is 21.3. The molecule has 4 heterocycles. The van der Waals surface area contributed by atoms with Crippen LogP contribution >= 0.6 is 11.3 Å². The Morgan fingerprint density at radius 3 is 2.63 bits per heavy atom. The lowest BCUT2D eigenvalue weighted by atomic mass is 10.3. The molecule has 27 heavy (non-hydrogen) atoms. The van der Waals surface area contributed by atoms with Crippen LogP contribution in [0, 0.1) is 0 Å². The molecule has 142 valence electrons. The molecule has 1 aliphatic heterocycles. The van der Waals surface area contributed by atoms with E-state index in [1.54, 1.807) is 23.9 Å². The van der Waals surface area contributed by atoms with E-state index in [0.29, 0.717) is 13.1 Å². The second-order valence-corrected chi connectivity index (χ2v) is 7.45. The van der Waals surface area contributed by atoms with Crippen molar-refractivity contribution < 1.29 is 13.6 Å². The Bertz CT molecular complexity index is 836. The highest BCUT2D eigenvalue weighted by molar-refractivity contribution is 7.09. The number of nitrogens with one attached hydrogen (secondary N) is 1. The molecule has 0 radical (unpaired) electrons. The van der Waals surface area contributed by atoms with E-state index < -0.39 is 0 Å². The normalized spacial score (nSPS) is 15.9. The Morgan fingerprint density at radius 1 is 1.11 bits per heavy atom. The molecule has 0 aromatic carbocycles. The molecule has 0 spiro atoms. The van der Waals surface area contributed by atoms with Gasteiger partial charge in [-0.15, -0.1) is 11.3 Å². The summed E-state index contributed by atoms with van der Waals surface area (Å²) in [5.41, 5.74) is 0.895. The number of amides is 1. The number of carbonyl (C=O) groups excluding carboxylic acids is 1. The van der Waals surface area contributed by atoms with E-state index in [0.717, 1.165) is 54.9 Å². The van der Waals surface area contributed by atoms with Gasteiger partial charge in [-0.2, -0.15) is 0 Å². The molecule has 1 aliphatic rings. The number of furan rings is 2. The summed E-state index contributed by atoms with van der Waals surface area (Å²) in [5, 5.41) is 6.02. The lowest BCUT2D eigenvalue weighted by Crippen LogP contribution is -2.49. The maximum atomic E-state index is 12.1. The number of thiazole rings is 1. The molecule has 0 aliphatic carbocycles. The van der Waals surface area contributed by atoms with E-state index >= 15 is 0 Å². The number of aromatic nitrogens is 1. The van der Waals surface area contributed by atoms with E-state index in [1.807, 2.05) is 29.6 Å². The Morgan fingerprint density at radius 2 is 1.89 bits per heavy atom. The lowest BCUT2D eigenvalue weighted by Gasteiger charge is -2.33. The Hall–Kier alpha value is -2.42. The SMILES string of the molecule is O=C(CN1CCN(Cc2nc(-c3ccco3)cs2)CC1)NCc1ccco1. The monoisotopic (exact) mass is 386 g/mol. The van der Waals surface area contributed by atoms with Crippen molar-refractivity contribution >= 4 is 17.2 Å². The zero-order chi connectivity index (χ0) is 18.5. The van der Waals surface area contributed by atoms with Crippen molar-refractivity contribution in [3.8, 4) is 11.5 Å². The van der Waals surface area contributed by atoms with Gasteiger partial charge in [0.05, 0.1) is 32.2 Å². The van der Waals surface area contributed by atoms with Gasteiger partial charge in [-0.25, -0.2) is 4.98 Å². The maximum absolute atomic E-state index is 12.1. The number of piperazine rings is 1. The third kappa shape index (κ3) is 4.85. The number of rotatable bonds is 7. The summed E-state index contributed by atoms with van der Waals surface area (Å²) in [6.45, 7) is 5.32. The van der Waals surface area contributed by atoms with Crippen molar-refractivity contribution in [1.82, 2.24) is 20.1 Å². The topological polar surface area (TPSA) is 74.8 Å². The molecular weight excluding hydrogens is 364 g/mol. The summed E-state index contributed by atoms with van der Waals surface area (Å²) in [6.07, 6.45) is 3.28. The zero-order valence-electron chi connectivity index (χ0n) is 15.0. The third-order valence-electron chi connectivity index (χ3n) is 4.56. The first-order chi connectivity index (χ1) is 13.3. The average molecular weight is 386 g/mol. The fourth-order valence-corrected chi connectivity index (χ4v) is 3.90. The largest absolute Gasteiger partial charge is 0.467 e. The number of carbonyl (C=O) groups is 1. The van der Waals surface area contributed by atoms with Crippen LogP contribution in [-0.2, 0) is 17.9 Å². The molecule has 4 rings (SSSR count). The van der Waals surface area contributed by atoms with Crippen LogP contribution in [-0.4, -0.2) is 53.4 Å². The second kappa shape index (κ2) is 8.51. The van der Waals surface area contributed by atoms with Crippen LogP contribution in [0.3, 0.4) is 0 Å². The second-order valence-electron chi connectivity index (χ2n) is 6.51. The first-order valence-electron chi connectivity index (χ1n) is 8.98. The van der Waals surface area contributed by atoms with Crippen molar-refractivity contribution in [2.75, 3.05) is 32.7 Å². The minimum absolute atomic E-state index is 0.0304. The van der Waals surface area contributed by atoms with Crippen molar-refractivity contribution in [3.63, 3.8) is 0 Å². The number of hydrogen-bond acceptors (Lipinski definition) is 7. The predicted molar refractivity (Wildman–Crippen MR) is 102 cm³/mol. The third-order valence-corrected chi connectivity index (χ3v) is 5.39. The molecule has 0 atom stereocenters. The van der Waals surface area contributed by atoms with Gasteiger partial charge in [0.15, 0.2) is 5.76 Å². The smallest absolute Gasteiger partial charge is 0.234 e. The van der Waals surface area contributed by atoms with Crippen molar-refractivity contribution in [2.45, 2.75) is 13.1 Å². The van der Waals surface area contributed by atoms with E-state index in [1.165, 1.54) is 0 Å². The molecule has 3 aromatic rings. The van der Waals surface area contributed by atoms with Crippen LogP contribution in [0.5, 0.6) is 0 Å². The summed E-state index contributed by atoms with van der Waals surface area (Å²) in [7, 11) is 0. The minimum Gasteiger partial charge on any atom is -0.467 e. The Labute approximate surface area is 161 Å². The molecule has 1 fully saturated rings. The molecule has 3 aromatic heterocycles. The van der Waals surface area contributed by atoms with Crippen LogP contribution < -0.4 is 5.32 Å². The first kappa shape index (κ1) is 18.0. The first-order valence-corrected chi connectivity index (χ1v) is 9.86. The van der Waals surface area contributed by atoms with Gasteiger partial charge in [0.2, 0.25) is 5.91 Å². The van der Waals surface area contributed by atoms with Gasteiger partial charge in [-0.05, 0) is 24.3 Å². The molecule has 0 bridgehead atoms. The van der Waals surface area contributed by atoms with Crippen molar-refractivity contribution in [1.29, 1.82) is 0 Å². The lowest BCUT2D eigenvalue weighted by molar-refractivity contribution is -0.122. The molecule has 8 heteroatoms. The van der Waals surface area contributed by atoms with Gasteiger partial charge in [-0.1, -0.05) is 0 Å². The van der Waals surface area contributed by atoms with Crippen LogP contribution in [0.4, 0.5) is 0 Å². The highest BCUT2D eigenvalue weighted by atomic mass is 32.1. The number of hydrogen-bond donors (Lipinski definition) is 1. The molecule has 1 N–H and O–H groups in total. The molecule has 1 amide bonds. The van der Waals surface area contributed by atoms with Gasteiger partial charge < -0.3 is 14.2 Å². The number of nitrogens with zero attached hydrogens (tertiary/aromatic N) is 3. The standard InChI is InChI=1S/C19H22N4O3S/c24-18(20-11-15-3-1-9-25-15)12-22-5-7-23(8-6-22)13-19-21-16(14-27-19)17-4-2-10-26-17/h1-4,9-10,14H,5-8,11-13H2,(H,20,24). The van der Waals surface area contributed by atoms with Crippen molar-refractivity contribution in [3.05, 3.63) is 52.9 Å². The quantitative estimate of drug-likeness (QED) is 0.672. The summed E-state index contributed by atoms with van der Waals surface area (Å²) < 4.78 is 10.6. The molecule has 0 saturated carbocycles. The molecule has 7 nitrogen and oxygen atoms in total. The van der Waals surface area contributed by atoms with Gasteiger partial charge in [0.1, 0.15) is 16.5 Å². The predicted octanol–water partition coefficient (Wildman–Crippen LogP) is 2.43. The molecular formula is C19H22N4O3S. The van der Waals surface area contributed by atoms with Crippen LogP contribution in [0.25, 0.3) is 11.5 Å². The fraction of sp³-hybridized carbons (Fsp3) is 0.368. The van der Waals surface area contributed by atoms with E-state index in [2.05, 4.69) is 20.1 Å². The Kier molecular flexibility index (Phi) is 5.66. The van der Waals surface area contributed by atoms with E-state index in [4.69, 9.17) is 8.83 Å². The van der Waals surface area contributed by atoms with E-state index in [9.17, 15) is 4.79 Å². The van der Waals surface area contributed by atoms with E-state index in [-0.39, 0.29) is 5.91 Å². The average Bonchev–Trinajstić information content (AvgIpc) is 3.44. The highest BCUT2D eigenvalue weighted by Gasteiger charge is 2.20. The van der Waals surface area contributed by atoms with Crippen LogP contribution in [0.15, 0.2) is 51.0 Å². The summed E-state index contributed by atoms with van der Waals surface area (Å²) in [5.74, 6) is 1.61.